The van der Waals surface area contributed by atoms with Gasteiger partial charge in [0.05, 0.1) is 24.0 Å². The molecule has 4 aliphatic rings. The van der Waals surface area contributed by atoms with Gasteiger partial charge in [-0.1, -0.05) is 60.7 Å². The van der Waals surface area contributed by atoms with Gasteiger partial charge in [-0.05, 0) is 100 Å². The lowest BCUT2D eigenvalue weighted by molar-refractivity contribution is -0.291. The maximum Gasteiger partial charge on any atom is 0.642 e. The van der Waals surface area contributed by atoms with Crippen LogP contribution in [0.25, 0.3) is 28.0 Å². The molecule has 3 heterocycles. The van der Waals surface area contributed by atoms with Gasteiger partial charge in [0.25, 0.3) is 5.84 Å². The van der Waals surface area contributed by atoms with Crippen molar-refractivity contribution in [2.24, 2.45) is 4.99 Å². The molecule has 0 fully saturated rings. The van der Waals surface area contributed by atoms with E-state index in [1.165, 1.54) is 8.96 Å². The summed E-state index contributed by atoms with van der Waals surface area (Å²) < 4.78 is 43.7. The number of nitrogens with zero attached hydrogens (tertiary/aromatic N) is 3. The monoisotopic (exact) mass is 595 g/mol. The predicted octanol–water partition coefficient (Wildman–Crippen LogP) is 7.82. The molecule has 5 aromatic rings. The van der Waals surface area contributed by atoms with E-state index >= 15 is 8.63 Å². The first kappa shape index (κ1) is 26.2. The van der Waals surface area contributed by atoms with Crippen LogP contribution in [0.1, 0.15) is 34.2 Å². The Bertz CT molecular complexity index is 2180. The van der Waals surface area contributed by atoms with Gasteiger partial charge < -0.3 is 27.4 Å². The number of aromatic hydroxyl groups is 1. The number of aliphatic imine (C=N–C) groups is 1. The van der Waals surface area contributed by atoms with Crippen molar-refractivity contribution >= 4 is 29.9 Å². The molecule has 8 heteroatoms. The summed E-state index contributed by atoms with van der Waals surface area (Å²) in [5.74, 6) is 1.42. The van der Waals surface area contributed by atoms with Crippen molar-refractivity contribution in [2.75, 3.05) is 7.11 Å². The molecule has 0 amide bonds. The van der Waals surface area contributed by atoms with Crippen LogP contribution >= 0.6 is 0 Å². The van der Waals surface area contributed by atoms with Crippen LogP contribution in [0.4, 0.5) is 14.4 Å². The molecule has 2 aliphatic carbocycles. The Morgan fingerprint density at radius 3 is 2.24 bits per heavy atom. The van der Waals surface area contributed by atoms with Crippen molar-refractivity contribution in [2.45, 2.75) is 25.7 Å². The Kier molecular flexibility index (Phi) is 5.46. The Labute approximate surface area is 259 Å². The standard InChI is InChI=1S/C37H28BF2N3O2/c1-45-27-15-19-29-25(21-27)13-17-31-33(23-10-6-3-7-11-23)37-41-36-32(22-8-4-2-5-9-22)30-16-12-24-20-26(44)14-18-28(24)34(30)42(36)38(39,40)43(37)35(29)31/h2-11,14-15,18-21,44H,12-13,16-17H2,1H3. The highest BCUT2D eigenvalue weighted by molar-refractivity contribution is 6.63. The van der Waals surface area contributed by atoms with Gasteiger partial charge >= 0.3 is 6.97 Å². The lowest BCUT2D eigenvalue weighted by atomic mass is 9.82. The number of fused-ring (bicyclic) bond motifs is 9. The van der Waals surface area contributed by atoms with E-state index in [-0.39, 0.29) is 11.6 Å². The molecule has 220 valence electrons. The van der Waals surface area contributed by atoms with Crippen LogP contribution in [0.5, 0.6) is 11.5 Å². The van der Waals surface area contributed by atoms with Crippen molar-refractivity contribution in [3.8, 4) is 33.9 Å². The number of amidine groups is 1. The number of aryl methyl sites for hydroxylation is 2. The second-order valence-corrected chi connectivity index (χ2v) is 12.1. The zero-order valence-corrected chi connectivity index (χ0v) is 24.6. The molecule has 0 saturated carbocycles. The number of benzene rings is 4. The molecular formula is C37H28BF2N3O2. The smallest absolute Gasteiger partial charge is 0.508 e. The lowest BCUT2D eigenvalue weighted by Crippen LogP contribution is -2.53. The Morgan fingerprint density at radius 1 is 0.800 bits per heavy atom. The fourth-order valence-corrected chi connectivity index (χ4v) is 7.85. The van der Waals surface area contributed by atoms with Gasteiger partial charge in [-0.2, -0.15) is 0 Å². The molecule has 0 spiro atoms. The maximum atomic E-state index is 17.9. The van der Waals surface area contributed by atoms with Gasteiger partial charge in [0.15, 0.2) is 0 Å². The molecule has 0 saturated heterocycles. The van der Waals surface area contributed by atoms with Crippen LogP contribution in [0.15, 0.2) is 108 Å². The van der Waals surface area contributed by atoms with E-state index < -0.39 is 6.97 Å². The number of methoxy groups -OCH3 is 1. The number of phenolic OH excluding ortho intramolecular Hbond substituents is 1. The molecule has 0 atom stereocenters. The highest BCUT2D eigenvalue weighted by Gasteiger charge is 2.56. The topological polar surface area (TPSA) is 49.8 Å². The molecule has 0 bridgehead atoms. The van der Waals surface area contributed by atoms with Crippen molar-refractivity contribution in [3.63, 3.8) is 0 Å². The van der Waals surface area contributed by atoms with Gasteiger partial charge in [-0.3, -0.25) is 0 Å². The van der Waals surface area contributed by atoms with Crippen molar-refractivity contribution < 1.29 is 23.0 Å². The van der Waals surface area contributed by atoms with E-state index in [0.717, 1.165) is 56.5 Å². The van der Waals surface area contributed by atoms with Gasteiger partial charge in [-0.15, -0.1) is 0 Å². The molecule has 1 aromatic heterocycles. The summed E-state index contributed by atoms with van der Waals surface area (Å²) in [6, 6.07) is 30.4. The minimum Gasteiger partial charge on any atom is -0.508 e. The number of hydrogen-bond donors (Lipinski definition) is 1. The fourth-order valence-electron chi connectivity index (χ4n) is 7.85. The van der Waals surface area contributed by atoms with Gasteiger partial charge in [0.2, 0.25) is 5.82 Å². The lowest BCUT2D eigenvalue weighted by Gasteiger charge is -2.34. The molecule has 9 rings (SSSR count). The first-order valence-corrected chi connectivity index (χ1v) is 15.3. The number of rotatable bonds is 3. The summed E-state index contributed by atoms with van der Waals surface area (Å²) in [6.07, 6.45) is 2.54. The molecule has 45 heavy (non-hydrogen) atoms. The number of hydrogen-bond acceptors (Lipinski definition) is 3. The average molecular weight is 595 g/mol. The molecule has 1 N–H and O–H groups in total. The van der Waals surface area contributed by atoms with Crippen molar-refractivity contribution in [3.05, 3.63) is 130 Å². The summed E-state index contributed by atoms with van der Waals surface area (Å²) >= 11 is 0. The summed E-state index contributed by atoms with van der Waals surface area (Å²) in [7, 11) is 1.62. The van der Waals surface area contributed by atoms with Crippen LogP contribution in [0.2, 0.25) is 0 Å². The minimum atomic E-state index is -4.42. The second kappa shape index (κ2) is 9.38. The van der Waals surface area contributed by atoms with E-state index in [1.54, 1.807) is 25.3 Å². The van der Waals surface area contributed by atoms with E-state index in [4.69, 9.17) is 9.73 Å². The molecule has 2 aliphatic heterocycles. The third-order valence-corrected chi connectivity index (χ3v) is 9.72. The van der Waals surface area contributed by atoms with Crippen LogP contribution in [-0.4, -0.2) is 39.7 Å². The van der Waals surface area contributed by atoms with Crippen LogP contribution in [-0.2, 0) is 19.3 Å². The Hall–Kier alpha value is -5.24. The zero-order valence-electron chi connectivity index (χ0n) is 24.6. The van der Waals surface area contributed by atoms with Gasteiger partial charge in [0, 0.05) is 16.8 Å². The Balaban J connectivity index is 1.41. The highest BCUT2D eigenvalue weighted by Crippen LogP contribution is 2.52. The Morgan fingerprint density at radius 2 is 1.49 bits per heavy atom. The number of aromatic nitrogens is 1. The fraction of sp³-hybridized carbons (Fsp3) is 0.135. The molecule has 0 radical (unpaired) electrons. The largest absolute Gasteiger partial charge is 0.642 e. The van der Waals surface area contributed by atoms with Gasteiger partial charge in [-0.25, -0.2) is 0 Å². The van der Waals surface area contributed by atoms with Gasteiger partial charge in [0.1, 0.15) is 11.5 Å². The number of phenols is 1. The van der Waals surface area contributed by atoms with E-state index in [1.807, 2.05) is 78.9 Å². The van der Waals surface area contributed by atoms with Crippen LogP contribution in [0.3, 0.4) is 0 Å². The first-order valence-electron chi connectivity index (χ1n) is 15.3. The molecular weight excluding hydrogens is 567 g/mol. The van der Waals surface area contributed by atoms with E-state index in [2.05, 4.69) is 0 Å². The summed E-state index contributed by atoms with van der Waals surface area (Å²) in [6.45, 7) is -4.42. The second-order valence-electron chi connectivity index (χ2n) is 12.1. The summed E-state index contributed by atoms with van der Waals surface area (Å²) in [5, 5.41) is 10.3. The van der Waals surface area contributed by atoms with Crippen LogP contribution in [0, 0.1) is 0 Å². The number of halogens is 2. The molecule has 0 unspecified atom stereocenters. The minimum absolute atomic E-state index is 0.133. The quantitative estimate of drug-likeness (QED) is 0.216. The van der Waals surface area contributed by atoms with Crippen LogP contribution < -0.4 is 4.74 Å². The van der Waals surface area contributed by atoms with Crippen molar-refractivity contribution in [1.29, 1.82) is 0 Å². The van der Waals surface area contributed by atoms with E-state index in [9.17, 15) is 5.11 Å². The third-order valence-electron chi connectivity index (χ3n) is 9.72. The molecule has 5 nitrogen and oxygen atoms in total. The normalized spacial score (nSPS) is 17.1. The SMILES string of the molecule is COc1ccc2c(c1)CCc1c(-c3ccccc3)c3n(c1-2)[B-](F)(F)[N+]1=C2C(=C(c4ccccc4)C1=N3)CCc1cc(O)ccc12. The average Bonchev–Trinajstić information content (AvgIpc) is 3.59. The predicted molar refractivity (Wildman–Crippen MR) is 174 cm³/mol. The molecule has 4 aromatic carbocycles. The summed E-state index contributed by atoms with van der Waals surface area (Å²) in [4.78, 5) is 5.25. The van der Waals surface area contributed by atoms with E-state index in [0.29, 0.717) is 47.8 Å². The number of allylic oxidation sites excluding steroid dienone is 1. The highest BCUT2D eigenvalue weighted by atomic mass is 19.2. The first-order chi connectivity index (χ1) is 22.0. The zero-order chi connectivity index (χ0) is 30.4. The third kappa shape index (κ3) is 3.59. The number of ether oxygens (including phenoxy) is 1. The summed E-state index contributed by atoms with van der Waals surface area (Å²) in [5.41, 5.74) is 9.38. The maximum absolute atomic E-state index is 17.9. The van der Waals surface area contributed by atoms with Crippen molar-refractivity contribution in [1.82, 2.24) is 4.48 Å².